The number of para-hydroxylation sites is 1. The van der Waals surface area contributed by atoms with Gasteiger partial charge >= 0.3 is 0 Å². The molecule has 1 fully saturated rings. The molecule has 0 unspecified atom stereocenters. The summed E-state index contributed by atoms with van der Waals surface area (Å²) >= 11 is 6.08. The van der Waals surface area contributed by atoms with Crippen molar-refractivity contribution in [2.45, 2.75) is 58.6 Å². The van der Waals surface area contributed by atoms with E-state index in [1.807, 2.05) is 36.4 Å². The maximum absolute atomic E-state index is 14.0. The van der Waals surface area contributed by atoms with E-state index in [2.05, 4.69) is 82.0 Å². The SMILES string of the molecule is Cc1cccc2c1nc(COc1ccc(Cl)cc1)n2CCCN(CCCN1CCCCC1)C(=O)Cc1ccccc1-c1ccccc1. The lowest BCUT2D eigenvalue weighted by atomic mass is 9.97. The minimum atomic E-state index is 0.185. The van der Waals surface area contributed by atoms with E-state index >= 15 is 0 Å². The van der Waals surface area contributed by atoms with E-state index in [1.165, 1.54) is 32.4 Å². The third-order valence-electron chi connectivity index (χ3n) is 9.20. The number of carbonyl (C=O) groups is 1. The lowest BCUT2D eigenvalue weighted by molar-refractivity contribution is -0.130. The summed E-state index contributed by atoms with van der Waals surface area (Å²) in [6.07, 6.45) is 6.09. The number of ether oxygens (including phenoxy) is 1. The van der Waals surface area contributed by atoms with Gasteiger partial charge in [0.25, 0.3) is 0 Å². The number of imidazole rings is 1. The Hall–Kier alpha value is -4.13. The van der Waals surface area contributed by atoms with Crippen LogP contribution in [-0.4, -0.2) is 58.0 Å². The molecule has 244 valence electrons. The number of hydrogen-bond acceptors (Lipinski definition) is 4. The zero-order valence-electron chi connectivity index (χ0n) is 27.4. The van der Waals surface area contributed by atoms with E-state index in [9.17, 15) is 4.79 Å². The molecule has 0 bridgehead atoms. The first kappa shape index (κ1) is 32.8. The van der Waals surface area contributed by atoms with Crippen LogP contribution in [0.5, 0.6) is 5.75 Å². The zero-order chi connectivity index (χ0) is 32.4. The largest absolute Gasteiger partial charge is 0.486 e. The third-order valence-corrected chi connectivity index (χ3v) is 9.45. The minimum Gasteiger partial charge on any atom is -0.486 e. The van der Waals surface area contributed by atoms with Crippen LogP contribution in [0.15, 0.2) is 97.1 Å². The smallest absolute Gasteiger partial charge is 0.227 e. The molecular formula is C40H45ClN4O2. The topological polar surface area (TPSA) is 50.6 Å². The van der Waals surface area contributed by atoms with E-state index in [1.54, 1.807) is 0 Å². The average molecular weight is 649 g/mol. The highest BCUT2D eigenvalue weighted by Crippen LogP contribution is 2.25. The van der Waals surface area contributed by atoms with E-state index in [-0.39, 0.29) is 5.91 Å². The predicted octanol–water partition coefficient (Wildman–Crippen LogP) is 8.58. The minimum absolute atomic E-state index is 0.185. The van der Waals surface area contributed by atoms with E-state index in [4.69, 9.17) is 21.3 Å². The lowest BCUT2D eigenvalue weighted by Crippen LogP contribution is -2.37. The number of benzene rings is 4. The molecule has 0 N–H and O–H groups in total. The Labute approximate surface area is 283 Å². The molecule has 0 atom stereocenters. The molecule has 2 heterocycles. The van der Waals surface area contributed by atoms with Crippen molar-refractivity contribution < 1.29 is 9.53 Å². The van der Waals surface area contributed by atoms with Gasteiger partial charge in [0.15, 0.2) is 0 Å². The first-order valence-corrected chi connectivity index (χ1v) is 17.4. The van der Waals surface area contributed by atoms with Gasteiger partial charge in [-0.05, 0) is 105 Å². The van der Waals surface area contributed by atoms with Crippen LogP contribution in [-0.2, 0) is 24.4 Å². The summed E-state index contributed by atoms with van der Waals surface area (Å²) in [6.45, 7) is 8.04. The summed E-state index contributed by atoms with van der Waals surface area (Å²) in [5, 5.41) is 0.679. The predicted molar refractivity (Wildman–Crippen MR) is 192 cm³/mol. The van der Waals surface area contributed by atoms with E-state index in [0.717, 1.165) is 77.3 Å². The molecule has 1 amide bonds. The van der Waals surface area contributed by atoms with Crippen molar-refractivity contribution in [2.24, 2.45) is 0 Å². The van der Waals surface area contributed by atoms with Crippen LogP contribution in [0.2, 0.25) is 5.02 Å². The number of amides is 1. The summed E-state index contributed by atoms with van der Waals surface area (Å²) in [5.74, 6) is 1.82. The molecule has 1 aliphatic heterocycles. The van der Waals surface area contributed by atoms with Gasteiger partial charge in [-0.15, -0.1) is 0 Å². The van der Waals surface area contributed by atoms with Crippen LogP contribution in [0.4, 0.5) is 0 Å². The third kappa shape index (κ3) is 8.62. The summed E-state index contributed by atoms with van der Waals surface area (Å²) in [4.78, 5) is 23.7. The van der Waals surface area contributed by atoms with E-state index in [0.29, 0.717) is 24.6 Å². The quantitative estimate of drug-likeness (QED) is 0.121. The number of carbonyl (C=O) groups excluding carboxylic acids is 1. The molecule has 1 saturated heterocycles. The molecule has 6 rings (SSSR count). The number of likely N-dealkylation sites (tertiary alicyclic amines) is 1. The van der Waals surface area contributed by atoms with Crippen LogP contribution < -0.4 is 4.74 Å². The molecule has 1 aliphatic rings. The van der Waals surface area contributed by atoms with Crippen molar-refractivity contribution in [3.05, 3.63) is 119 Å². The number of hydrogen-bond donors (Lipinski definition) is 0. The Morgan fingerprint density at radius 3 is 2.34 bits per heavy atom. The van der Waals surface area contributed by atoms with Crippen LogP contribution in [0, 0.1) is 6.92 Å². The summed E-state index contributed by atoms with van der Waals surface area (Å²) in [6, 6.07) is 32.4. The Kier molecular flexibility index (Phi) is 11.2. The van der Waals surface area contributed by atoms with Gasteiger partial charge < -0.3 is 19.1 Å². The first-order valence-electron chi connectivity index (χ1n) is 17.0. The fourth-order valence-electron chi connectivity index (χ4n) is 6.67. The average Bonchev–Trinajstić information content (AvgIpc) is 3.47. The van der Waals surface area contributed by atoms with Gasteiger partial charge in [0.05, 0.1) is 17.5 Å². The number of piperidine rings is 1. The van der Waals surface area contributed by atoms with Gasteiger partial charge in [-0.3, -0.25) is 4.79 Å². The second kappa shape index (κ2) is 16.1. The van der Waals surface area contributed by atoms with Crippen LogP contribution in [0.3, 0.4) is 0 Å². The molecule has 6 nitrogen and oxygen atoms in total. The number of fused-ring (bicyclic) bond motifs is 1. The molecule has 0 spiro atoms. The first-order chi connectivity index (χ1) is 23.0. The van der Waals surface area contributed by atoms with Crippen molar-refractivity contribution in [1.29, 1.82) is 0 Å². The lowest BCUT2D eigenvalue weighted by Gasteiger charge is -2.28. The van der Waals surface area contributed by atoms with Crippen molar-refractivity contribution in [2.75, 3.05) is 32.7 Å². The van der Waals surface area contributed by atoms with Gasteiger partial charge in [-0.2, -0.15) is 0 Å². The molecule has 1 aromatic heterocycles. The summed E-state index contributed by atoms with van der Waals surface area (Å²) < 4.78 is 8.40. The Balaban J connectivity index is 1.17. The van der Waals surface area contributed by atoms with Gasteiger partial charge in [0.2, 0.25) is 5.91 Å². The Morgan fingerprint density at radius 1 is 0.830 bits per heavy atom. The monoisotopic (exact) mass is 648 g/mol. The zero-order valence-corrected chi connectivity index (χ0v) is 28.2. The maximum atomic E-state index is 14.0. The van der Waals surface area contributed by atoms with Crippen molar-refractivity contribution in [3.63, 3.8) is 0 Å². The number of aryl methyl sites for hydroxylation is 2. The molecule has 4 aromatic carbocycles. The fourth-order valence-corrected chi connectivity index (χ4v) is 6.80. The van der Waals surface area contributed by atoms with Crippen molar-refractivity contribution in [3.8, 4) is 16.9 Å². The molecule has 0 saturated carbocycles. The second-order valence-electron chi connectivity index (χ2n) is 12.6. The van der Waals surface area contributed by atoms with E-state index < -0.39 is 0 Å². The number of halogens is 1. The maximum Gasteiger partial charge on any atom is 0.227 e. The molecular weight excluding hydrogens is 604 g/mol. The summed E-state index contributed by atoms with van der Waals surface area (Å²) in [5.41, 5.74) is 6.57. The fraction of sp³-hybridized carbons (Fsp3) is 0.350. The standard InChI is InChI=1S/C40H45ClN4O2/c1-31-13-10-18-37-40(31)42-38(30-47-35-21-19-34(41)20-22-35)45(37)28-12-27-44(26-11-25-43-23-8-3-9-24-43)39(46)29-33-16-6-7-17-36(33)32-14-4-2-5-15-32/h2,4-7,10,13-22H,3,8-9,11-12,23-30H2,1H3. The van der Waals surface area contributed by atoms with Crippen molar-refractivity contribution >= 4 is 28.5 Å². The highest BCUT2D eigenvalue weighted by atomic mass is 35.5. The molecule has 0 aliphatic carbocycles. The number of rotatable bonds is 14. The normalized spacial score (nSPS) is 13.6. The Morgan fingerprint density at radius 2 is 1.55 bits per heavy atom. The summed E-state index contributed by atoms with van der Waals surface area (Å²) in [7, 11) is 0. The molecule has 5 aromatic rings. The molecule has 7 heteroatoms. The second-order valence-corrected chi connectivity index (χ2v) is 13.0. The van der Waals surface area contributed by atoms with Crippen LogP contribution in [0.1, 0.15) is 49.1 Å². The van der Waals surface area contributed by atoms with Crippen molar-refractivity contribution in [1.82, 2.24) is 19.4 Å². The molecule has 0 radical (unpaired) electrons. The van der Waals surface area contributed by atoms with Gasteiger partial charge in [-0.25, -0.2) is 4.98 Å². The van der Waals surface area contributed by atoms with Crippen LogP contribution in [0.25, 0.3) is 22.2 Å². The molecule has 47 heavy (non-hydrogen) atoms. The number of nitrogens with zero attached hydrogens (tertiary/aromatic N) is 4. The highest BCUT2D eigenvalue weighted by molar-refractivity contribution is 6.30. The Bertz CT molecular complexity index is 1750. The van der Waals surface area contributed by atoms with Crippen LogP contribution >= 0.6 is 11.6 Å². The van der Waals surface area contributed by atoms with Gasteiger partial charge in [0, 0.05) is 24.7 Å². The number of aromatic nitrogens is 2. The van der Waals surface area contributed by atoms with Gasteiger partial charge in [-0.1, -0.05) is 84.8 Å². The highest BCUT2D eigenvalue weighted by Gasteiger charge is 2.19. The van der Waals surface area contributed by atoms with Gasteiger partial charge in [0.1, 0.15) is 18.2 Å².